The number of nitrogens with zero attached hydrogens (tertiary/aromatic N) is 6. The van der Waals surface area contributed by atoms with E-state index in [-0.39, 0.29) is 17.8 Å². The Morgan fingerprint density at radius 3 is 1.19 bits per heavy atom. The molecule has 3 aliphatic heterocycles. The molecule has 3 saturated heterocycles. The fourth-order valence-electron chi connectivity index (χ4n) is 12.0. The van der Waals surface area contributed by atoms with Crippen molar-refractivity contribution in [2.45, 2.75) is 56.3 Å². The Kier molecular flexibility index (Phi) is 22.5. The highest BCUT2D eigenvalue weighted by Crippen LogP contribution is 2.50. The van der Waals surface area contributed by atoms with Crippen LogP contribution in [0.25, 0.3) is 31.7 Å². The smallest absolute Gasteiger partial charge is 0.121 e. The largest absolute Gasteiger partial charge is 0.260 e. The summed E-state index contributed by atoms with van der Waals surface area (Å²) >= 11 is 34.0. The lowest BCUT2D eigenvalue weighted by Crippen LogP contribution is -2.32. The highest BCUT2D eigenvalue weighted by molar-refractivity contribution is 9.15. The van der Waals surface area contributed by atoms with Gasteiger partial charge in [0.15, 0.2) is 0 Å². The van der Waals surface area contributed by atoms with Crippen molar-refractivity contribution in [3.8, 4) is 0 Å². The van der Waals surface area contributed by atoms with Crippen LogP contribution in [0.4, 0.5) is 0 Å². The minimum atomic E-state index is 0.246. The molecule has 3 aliphatic carbocycles. The minimum absolute atomic E-state index is 0.246. The fourth-order valence-corrected chi connectivity index (χ4v) is 15.9. The van der Waals surface area contributed by atoms with Gasteiger partial charge in [-0.25, -0.2) is 27.6 Å². The van der Waals surface area contributed by atoms with E-state index in [1.807, 2.05) is 61.1 Å². The van der Waals surface area contributed by atoms with E-state index in [1.165, 1.54) is 80.3 Å². The van der Waals surface area contributed by atoms with E-state index < -0.39 is 0 Å². The molecule has 21 heteroatoms. The maximum Gasteiger partial charge on any atom is 0.121 e. The van der Waals surface area contributed by atoms with Crippen LogP contribution in [0.5, 0.6) is 0 Å². The molecule has 3 unspecified atom stereocenters. The lowest BCUT2D eigenvalue weighted by molar-refractivity contribution is -0.164. The molecule has 0 amide bonds. The van der Waals surface area contributed by atoms with Crippen LogP contribution in [0.3, 0.4) is 0 Å². The average Bonchev–Trinajstić information content (AvgIpc) is 3.81. The predicted molar refractivity (Wildman–Crippen MR) is 343 cm³/mol. The standard InChI is InChI=1S/3C20H20BrClN2O2S/c2*1-25-26-27-24-9-6-13(7-10-24)19-16-5-4-15(22)11-14(16)12-18(21)17-3-2-8-23-20(17)19;1-25-26-27-24-9-6-13(7-10-24)19-16-5-4-15(22)12-17(16)18(21)11-14-3-2-8-23-20(14)19/h3*2-5,8,11-13,19H,6-7,9-10H2,1H3. The molecule has 0 N–H and O–H groups in total. The van der Waals surface area contributed by atoms with Crippen molar-refractivity contribution in [3.05, 3.63) is 192 Å². The Morgan fingerprint density at radius 1 is 0.420 bits per heavy atom. The van der Waals surface area contributed by atoms with Crippen molar-refractivity contribution >= 4 is 151 Å². The molecule has 0 radical (unpaired) electrons. The van der Waals surface area contributed by atoms with E-state index >= 15 is 0 Å². The molecule has 12 nitrogen and oxygen atoms in total. The van der Waals surface area contributed by atoms with E-state index in [0.29, 0.717) is 17.8 Å². The number of aromatic nitrogens is 3. The van der Waals surface area contributed by atoms with E-state index in [4.69, 9.17) is 77.4 Å². The molecule has 12 rings (SSSR count). The third-order valence-electron chi connectivity index (χ3n) is 15.7. The Labute approximate surface area is 528 Å². The maximum absolute atomic E-state index is 6.31. The topological polar surface area (TPSA) is 104 Å². The van der Waals surface area contributed by atoms with Gasteiger partial charge in [0.25, 0.3) is 0 Å². The van der Waals surface area contributed by atoms with Crippen molar-refractivity contribution in [2.24, 2.45) is 17.8 Å². The van der Waals surface area contributed by atoms with Gasteiger partial charge >= 0.3 is 0 Å². The number of rotatable bonds is 12. The average molecular weight is 1400 g/mol. The van der Waals surface area contributed by atoms with Gasteiger partial charge in [0.1, 0.15) is 36.7 Å². The SMILES string of the molecule is COOSN1CCC(C2c3ccc(Cl)cc3C(Br)=Cc3cccnc32)CC1.COOSN1CCC(C2c3ccc(Cl)cc3C=C(Br)c3cccnc32)CC1.COOSN1CCC(C2c3ccc(Cl)cc3C=C(Br)c3cccnc32)CC1. The van der Waals surface area contributed by atoms with Gasteiger partial charge in [-0.1, -0.05) is 119 Å². The van der Waals surface area contributed by atoms with E-state index in [0.717, 1.165) is 151 Å². The van der Waals surface area contributed by atoms with Gasteiger partial charge in [-0.2, -0.15) is 0 Å². The first kappa shape index (κ1) is 61.4. The summed E-state index contributed by atoms with van der Waals surface area (Å²) in [7, 11) is 4.59. The summed E-state index contributed by atoms with van der Waals surface area (Å²) in [4.78, 5) is 28.5. The molecule has 3 aromatic carbocycles. The van der Waals surface area contributed by atoms with Gasteiger partial charge in [0.2, 0.25) is 0 Å². The third-order valence-corrected chi connectivity index (χ3v) is 20.7. The first-order valence-electron chi connectivity index (χ1n) is 26.7. The zero-order valence-electron chi connectivity index (χ0n) is 44.7. The van der Waals surface area contributed by atoms with Crippen molar-refractivity contribution in [2.75, 3.05) is 60.6 Å². The maximum atomic E-state index is 6.31. The number of benzene rings is 3. The lowest BCUT2D eigenvalue weighted by atomic mass is 9.76. The van der Waals surface area contributed by atoms with Crippen LogP contribution in [-0.2, 0) is 27.7 Å². The summed E-state index contributed by atoms with van der Waals surface area (Å²) in [6.45, 7) is 5.72. The molecule has 81 heavy (non-hydrogen) atoms. The van der Waals surface area contributed by atoms with Crippen LogP contribution >= 0.6 is 119 Å². The monoisotopic (exact) mass is 1400 g/mol. The second-order valence-corrected chi connectivity index (χ2v) is 26.5. The first-order chi connectivity index (χ1) is 39.5. The van der Waals surface area contributed by atoms with E-state index in [9.17, 15) is 0 Å². The summed E-state index contributed by atoms with van der Waals surface area (Å²) in [6.07, 6.45) is 18.6. The third kappa shape index (κ3) is 14.9. The molecule has 3 atom stereocenters. The van der Waals surface area contributed by atoms with E-state index in [1.54, 1.807) is 0 Å². The number of hydrogen-bond donors (Lipinski definition) is 0. The number of hydrogen-bond acceptors (Lipinski definition) is 15. The summed E-state index contributed by atoms with van der Waals surface area (Å²) in [5, 5.41) is 2.26. The van der Waals surface area contributed by atoms with Gasteiger partial charge in [0.05, 0.1) is 38.4 Å². The molecule has 0 saturated carbocycles. The first-order valence-corrected chi connectivity index (χ1v) is 32.4. The van der Waals surface area contributed by atoms with Gasteiger partial charge in [0, 0.05) is 115 Å². The number of pyridine rings is 3. The molecule has 0 bridgehead atoms. The van der Waals surface area contributed by atoms with Crippen LogP contribution in [-0.4, -0.2) is 88.5 Å². The zero-order valence-corrected chi connectivity index (χ0v) is 54.2. The molecule has 6 aromatic rings. The summed E-state index contributed by atoms with van der Waals surface area (Å²) in [6, 6.07) is 31.0. The second-order valence-electron chi connectivity index (χ2n) is 20.3. The van der Waals surface area contributed by atoms with E-state index in [2.05, 4.69) is 127 Å². The summed E-state index contributed by atoms with van der Waals surface area (Å²) < 4.78 is 24.8. The fraction of sp³-hybridized carbons (Fsp3) is 0.350. The zero-order chi connectivity index (χ0) is 56.4. The van der Waals surface area contributed by atoms with Crippen molar-refractivity contribution in [1.82, 2.24) is 27.9 Å². The molecule has 0 spiro atoms. The number of piperidine rings is 3. The molecular weight excluding hydrogens is 1340 g/mol. The Bertz CT molecular complexity index is 3060. The van der Waals surface area contributed by atoms with Crippen molar-refractivity contribution < 1.29 is 27.7 Å². The van der Waals surface area contributed by atoms with Gasteiger partial charge < -0.3 is 0 Å². The minimum Gasteiger partial charge on any atom is -0.260 e. The predicted octanol–water partition coefficient (Wildman–Crippen LogP) is 17.8. The normalized spacial score (nSPS) is 20.6. The molecule has 3 fully saturated rings. The van der Waals surface area contributed by atoms with Crippen LogP contribution in [0.1, 0.15) is 123 Å². The van der Waals surface area contributed by atoms with Crippen LogP contribution in [0.15, 0.2) is 110 Å². The second kappa shape index (κ2) is 29.6. The Morgan fingerprint density at radius 2 is 0.765 bits per heavy atom. The van der Waals surface area contributed by atoms with Crippen LogP contribution in [0.2, 0.25) is 15.1 Å². The van der Waals surface area contributed by atoms with Crippen LogP contribution in [0, 0.1) is 17.8 Å². The molecule has 6 heterocycles. The molecule has 426 valence electrons. The number of fused-ring (bicyclic) bond motifs is 6. The quantitative estimate of drug-likeness (QED) is 0.0502. The Hall–Kier alpha value is -2.67. The molecule has 6 aliphatic rings. The number of halogens is 6. The Balaban J connectivity index is 0.000000136. The lowest BCUT2D eigenvalue weighted by Gasteiger charge is -2.35. The molecular formula is C60H60Br3Cl3N6O6S3. The summed E-state index contributed by atoms with van der Waals surface area (Å²) in [5.74, 6) is 2.25. The van der Waals surface area contributed by atoms with Gasteiger partial charge in [-0.15, -0.1) is 13.0 Å². The van der Waals surface area contributed by atoms with Gasteiger partial charge in [-0.3, -0.25) is 15.0 Å². The highest BCUT2D eigenvalue weighted by Gasteiger charge is 2.38. The van der Waals surface area contributed by atoms with Crippen molar-refractivity contribution in [1.29, 1.82) is 0 Å². The van der Waals surface area contributed by atoms with Gasteiger partial charge in [-0.05, 0) is 168 Å². The highest BCUT2D eigenvalue weighted by atomic mass is 79.9. The summed E-state index contributed by atoms with van der Waals surface area (Å²) in [5.41, 5.74) is 14.3. The van der Waals surface area contributed by atoms with Crippen molar-refractivity contribution in [3.63, 3.8) is 0 Å². The van der Waals surface area contributed by atoms with Crippen LogP contribution < -0.4 is 0 Å². The molecule has 3 aromatic heterocycles.